The Morgan fingerprint density at radius 2 is 2.00 bits per heavy atom. The highest BCUT2D eigenvalue weighted by Crippen LogP contribution is 2.28. The molecule has 2 N–H and O–H groups in total. The summed E-state index contributed by atoms with van der Waals surface area (Å²) in [4.78, 5) is 8.68. The van der Waals surface area contributed by atoms with Crippen molar-refractivity contribution in [3.8, 4) is 0 Å². The average Bonchev–Trinajstić information content (AvgIpc) is 2.37. The lowest BCUT2D eigenvalue weighted by Gasteiger charge is -2.26. The van der Waals surface area contributed by atoms with Gasteiger partial charge in [-0.25, -0.2) is 4.98 Å². The van der Waals surface area contributed by atoms with Crippen LogP contribution in [0.15, 0.2) is 12.4 Å². The van der Waals surface area contributed by atoms with Crippen LogP contribution in [0.25, 0.3) is 0 Å². The molecule has 1 aliphatic carbocycles. The van der Waals surface area contributed by atoms with E-state index < -0.39 is 0 Å². The van der Waals surface area contributed by atoms with Gasteiger partial charge in [-0.05, 0) is 31.6 Å². The molecule has 0 bridgehead atoms. The minimum absolute atomic E-state index is 0.790. The first-order valence-electron chi connectivity index (χ1n) is 7.07. The first-order chi connectivity index (χ1) is 8.78. The van der Waals surface area contributed by atoms with E-state index >= 15 is 0 Å². The van der Waals surface area contributed by atoms with E-state index in [4.69, 9.17) is 0 Å². The number of hydrogen-bond acceptors (Lipinski definition) is 4. The van der Waals surface area contributed by atoms with Gasteiger partial charge in [0.1, 0.15) is 11.6 Å². The summed E-state index contributed by atoms with van der Waals surface area (Å²) in [5.41, 5.74) is 0. The molecule has 0 spiro atoms. The summed E-state index contributed by atoms with van der Waals surface area (Å²) >= 11 is 0. The van der Waals surface area contributed by atoms with E-state index in [0.29, 0.717) is 0 Å². The lowest BCUT2D eigenvalue weighted by molar-refractivity contribution is 0.293. The second-order valence-corrected chi connectivity index (χ2v) is 5.34. The molecule has 18 heavy (non-hydrogen) atoms. The molecule has 2 atom stereocenters. The zero-order valence-corrected chi connectivity index (χ0v) is 11.4. The summed E-state index contributed by atoms with van der Waals surface area (Å²) in [6.45, 7) is 6.32. The van der Waals surface area contributed by atoms with Crippen molar-refractivity contribution in [2.45, 2.75) is 39.5 Å². The zero-order chi connectivity index (χ0) is 12.8. The summed E-state index contributed by atoms with van der Waals surface area (Å²) < 4.78 is 0. The highest BCUT2D eigenvalue weighted by molar-refractivity contribution is 5.41. The van der Waals surface area contributed by atoms with E-state index in [0.717, 1.165) is 36.6 Å². The number of aromatic nitrogens is 2. The van der Waals surface area contributed by atoms with E-state index in [1.54, 1.807) is 12.4 Å². The molecule has 0 amide bonds. The van der Waals surface area contributed by atoms with E-state index in [1.807, 2.05) is 0 Å². The van der Waals surface area contributed by atoms with Crippen molar-refractivity contribution >= 4 is 11.6 Å². The van der Waals surface area contributed by atoms with Crippen LogP contribution in [0, 0.1) is 11.8 Å². The minimum Gasteiger partial charge on any atom is -0.369 e. The van der Waals surface area contributed by atoms with Gasteiger partial charge in [-0.1, -0.05) is 19.8 Å². The predicted octanol–water partition coefficient (Wildman–Crippen LogP) is 3.15. The maximum atomic E-state index is 4.48. The average molecular weight is 248 g/mol. The third-order valence-corrected chi connectivity index (χ3v) is 3.61. The lowest BCUT2D eigenvalue weighted by Crippen LogP contribution is -2.21. The normalized spacial score (nSPS) is 23.7. The molecule has 2 rings (SSSR count). The number of nitrogens with one attached hydrogen (secondary N) is 2. The first kappa shape index (κ1) is 13.1. The maximum Gasteiger partial charge on any atom is 0.146 e. The van der Waals surface area contributed by atoms with E-state index in [9.17, 15) is 0 Å². The van der Waals surface area contributed by atoms with Crippen molar-refractivity contribution in [3.63, 3.8) is 0 Å². The molecule has 4 heteroatoms. The van der Waals surface area contributed by atoms with Gasteiger partial charge in [0.15, 0.2) is 0 Å². The molecule has 0 saturated heterocycles. The van der Waals surface area contributed by atoms with Crippen molar-refractivity contribution in [2.75, 3.05) is 23.7 Å². The summed E-state index contributed by atoms with van der Waals surface area (Å²) in [5.74, 6) is 3.40. The molecule has 2 unspecified atom stereocenters. The predicted molar refractivity (Wildman–Crippen MR) is 75.8 cm³/mol. The van der Waals surface area contributed by atoms with Crippen LogP contribution in [-0.4, -0.2) is 23.1 Å². The van der Waals surface area contributed by atoms with Crippen LogP contribution in [0.1, 0.15) is 39.5 Å². The van der Waals surface area contributed by atoms with Gasteiger partial charge >= 0.3 is 0 Å². The van der Waals surface area contributed by atoms with Crippen LogP contribution in [0.4, 0.5) is 11.6 Å². The Morgan fingerprint density at radius 3 is 2.72 bits per heavy atom. The van der Waals surface area contributed by atoms with E-state index in [1.165, 1.54) is 25.7 Å². The van der Waals surface area contributed by atoms with Crippen LogP contribution in [0.2, 0.25) is 0 Å². The largest absolute Gasteiger partial charge is 0.369 e. The fourth-order valence-electron chi connectivity index (χ4n) is 2.71. The molecule has 0 radical (unpaired) electrons. The van der Waals surface area contributed by atoms with Gasteiger partial charge in [0.25, 0.3) is 0 Å². The number of nitrogens with zero attached hydrogens (tertiary/aromatic N) is 2. The summed E-state index contributed by atoms with van der Waals surface area (Å²) in [7, 11) is 0. The first-order valence-corrected chi connectivity index (χ1v) is 7.07. The van der Waals surface area contributed by atoms with Crippen LogP contribution in [-0.2, 0) is 0 Å². The lowest BCUT2D eigenvalue weighted by atomic mass is 9.82. The molecule has 1 heterocycles. The molecule has 1 aliphatic rings. The Hall–Kier alpha value is -1.32. The summed E-state index contributed by atoms with van der Waals surface area (Å²) in [6, 6.07) is 0. The van der Waals surface area contributed by atoms with E-state index in [-0.39, 0.29) is 0 Å². The Bertz CT molecular complexity index is 367. The zero-order valence-electron chi connectivity index (χ0n) is 11.4. The van der Waals surface area contributed by atoms with Crippen LogP contribution in [0.3, 0.4) is 0 Å². The number of anilines is 2. The number of rotatable bonds is 5. The second-order valence-electron chi connectivity index (χ2n) is 5.34. The quantitative estimate of drug-likeness (QED) is 0.840. The van der Waals surface area contributed by atoms with Gasteiger partial charge < -0.3 is 10.6 Å². The van der Waals surface area contributed by atoms with Crippen LogP contribution >= 0.6 is 0 Å². The SMILES string of the molecule is CCNc1cncc(NCC2CCCC(C)C2)n1. The Kier molecular flexibility index (Phi) is 4.79. The van der Waals surface area contributed by atoms with Crippen molar-refractivity contribution in [1.29, 1.82) is 0 Å². The Balaban J connectivity index is 1.83. The van der Waals surface area contributed by atoms with Crippen molar-refractivity contribution < 1.29 is 0 Å². The molecule has 1 fully saturated rings. The highest BCUT2D eigenvalue weighted by Gasteiger charge is 2.18. The summed E-state index contributed by atoms with van der Waals surface area (Å²) in [5, 5.41) is 6.60. The molecular weight excluding hydrogens is 224 g/mol. The molecule has 0 aromatic carbocycles. The van der Waals surface area contributed by atoms with Crippen LogP contribution in [0.5, 0.6) is 0 Å². The van der Waals surface area contributed by atoms with Gasteiger partial charge in [0.2, 0.25) is 0 Å². The van der Waals surface area contributed by atoms with E-state index in [2.05, 4.69) is 34.4 Å². The van der Waals surface area contributed by atoms with Gasteiger partial charge in [0.05, 0.1) is 12.4 Å². The Labute approximate surface area is 110 Å². The molecule has 1 aromatic rings. The minimum atomic E-state index is 0.790. The molecule has 1 saturated carbocycles. The van der Waals surface area contributed by atoms with Crippen molar-refractivity contribution in [3.05, 3.63) is 12.4 Å². The van der Waals surface area contributed by atoms with Crippen LogP contribution < -0.4 is 10.6 Å². The Morgan fingerprint density at radius 1 is 1.22 bits per heavy atom. The highest BCUT2D eigenvalue weighted by atomic mass is 15.1. The summed E-state index contributed by atoms with van der Waals surface area (Å²) in [6.07, 6.45) is 9.01. The third-order valence-electron chi connectivity index (χ3n) is 3.61. The third kappa shape index (κ3) is 3.86. The molecular formula is C14H24N4. The van der Waals surface area contributed by atoms with Crippen molar-refractivity contribution in [2.24, 2.45) is 11.8 Å². The van der Waals surface area contributed by atoms with Gasteiger partial charge in [-0.15, -0.1) is 0 Å². The van der Waals surface area contributed by atoms with Gasteiger partial charge in [0, 0.05) is 13.1 Å². The second kappa shape index (κ2) is 6.57. The molecule has 1 aromatic heterocycles. The molecule has 0 aliphatic heterocycles. The van der Waals surface area contributed by atoms with Gasteiger partial charge in [-0.3, -0.25) is 4.98 Å². The number of hydrogen-bond donors (Lipinski definition) is 2. The standard InChI is InChI=1S/C14H24N4/c1-3-16-13-9-15-10-14(18-13)17-8-12-6-4-5-11(2)7-12/h9-12H,3-8H2,1-2H3,(H2,16,17,18). The fourth-order valence-corrected chi connectivity index (χ4v) is 2.71. The monoisotopic (exact) mass is 248 g/mol. The molecule has 100 valence electrons. The smallest absolute Gasteiger partial charge is 0.146 e. The molecule has 4 nitrogen and oxygen atoms in total. The topological polar surface area (TPSA) is 49.8 Å². The van der Waals surface area contributed by atoms with Crippen molar-refractivity contribution in [1.82, 2.24) is 9.97 Å². The van der Waals surface area contributed by atoms with Gasteiger partial charge in [-0.2, -0.15) is 0 Å². The maximum absolute atomic E-state index is 4.48. The fraction of sp³-hybridized carbons (Fsp3) is 0.714.